The minimum absolute atomic E-state index is 0.226. The number of methoxy groups -OCH3 is 1. The predicted octanol–water partition coefficient (Wildman–Crippen LogP) is 3.68. The Bertz CT molecular complexity index is 985. The largest absolute Gasteiger partial charge is 0.496 e. The lowest BCUT2D eigenvalue weighted by Gasteiger charge is -2.18. The van der Waals surface area contributed by atoms with E-state index in [4.69, 9.17) is 9.72 Å². The van der Waals surface area contributed by atoms with Gasteiger partial charge in [0.1, 0.15) is 17.3 Å². The molecule has 1 saturated heterocycles. The van der Waals surface area contributed by atoms with E-state index in [-0.39, 0.29) is 5.91 Å². The number of nitrogens with zero attached hydrogens (tertiary/aromatic N) is 3. The molecule has 0 aliphatic carbocycles. The van der Waals surface area contributed by atoms with Crippen molar-refractivity contribution >= 4 is 11.7 Å². The van der Waals surface area contributed by atoms with Crippen LogP contribution in [0.3, 0.4) is 0 Å². The van der Waals surface area contributed by atoms with Gasteiger partial charge in [0, 0.05) is 36.8 Å². The van der Waals surface area contributed by atoms with Crippen LogP contribution in [-0.2, 0) is 6.54 Å². The lowest BCUT2D eigenvalue weighted by Crippen LogP contribution is -2.26. The van der Waals surface area contributed by atoms with Gasteiger partial charge in [-0.2, -0.15) is 0 Å². The Morgan fingerprint density at radius 3 is 2.52 bits per heavy atom. The molecule has 29 heavy (non-hydrogen) atoms. The Labute approximate surface area is 170 Å². The van der Waals surface area contributed by atoms with Crippen LogP contribution in [0.15, 0.2) is 60.7 Å². The quantitative estimate of drug-likeness (QED) is 0.698. The maximum absolute atomic E-state index is 12.9. The first-order valence-corrected chi connectivity index (χ1v) is 9.84. The van der Waals surface area contributed by atoms with E-state index in [1.165, 1.54) is 0 Å². The van der Waals surface area contributed by atoms with Crippen molar-refractivity contribution < 1.29 is 9.53 Å². The maximum Gasteiger partial charge on any atom is 0.270 e. The van der Waals surface area contributed by atoms with E-state index >= 15 is 0 Å². The molecule has 0 bridgehead atoms. The lowest BCUT2D eigenvalue weighted by molar-refractivity contribution is 0.0945. The molecule has 2 aromatic carbocycles. The highest BCUT2D eigenvalue weighted by atomic mass is 16.5. The second kappa shape index (κ2) is 8.73. The fourth-order valence-electron chi connectivity index (χ4n) is 3.49. The van der Waals surface area contributed by atoms with Gasteiger partial charge in [-0.15, -0.1) is 0 Å². The Morgan fingerprint density at radius 2 is 1.76 bits per heavy atom. The summed E-state index contributed by atoms with van der Waals surface area (Å²) < 4.78 is 5.36. The number of carbonyl (C=O) groups excluding carboxylic acids is 1. The number of anilines is 1. The van der Waals surface area contributed by atoms with E-state index in [9.17, 15) is 4.79 Å². The van der Waals surface area contributed by atoms with Gasteiger partial charge in [0.2, 0.25) is 0 Å². The van der Waals surface area contributed by atoms with Crippen molar-refractivity contribution in [2.75, 3.05) is 25.1 Å². The van der Waals surface area contributed by atoms with Crippen LogP contribution in [0.2, 0.25) is 0 Å². The molecule has 1 aliphatic rings. The molecular formula is C23H24N4O2. The zero-order chi connectivity index (χ0) is 20.1. The second-order valence-corrected chi connectivity index (χ2v) is 6.99. The second-order valence-electron chi connectivity index (χ2n) is 6.99. The first kappa shape index (κ1) is 18.9. The average Bonchev–Trinajstić information content (AvgIpc) is 3.33. The minimum Gasteiger partial charge on any atom is -0.496 e. The van der Waals surface area contributed by atoms with Crippen LogP contribution in [0.4, 0.5) is 5.82 Å². The van der Waals surface area contributed by atoms with Gasteiger partial charge in [0.25, 0.3) is 5.91 Å². The molecule has 1 fully saturated rings. The lowest BCUT2D eigenvalue weighted by atomic mass is 10.2. The van der Waals surface area contributed by atoms with Crippen molar-refractivity contribution in [3.63, 3.8) is 0 Å². The monoisotopic (exact) mass is 388 g/mol. The zero-order valence-corrected chi connectivity index (χ0v) is 16.5. The maximum atomic E-state index is 12.9. The fraction of sp³-hybridized carbons (Fsp3) is 0.261. The molecule has 0 radical (unpaired) electrons. The first-order valence-electron chi connectivity index (χ1n) is 9.84. The molecule has 0 spiro atoms. The molecule has 0 saturated carbocycles. The Morgan fingerprint density at radius 1 is 1.03 bits per heavy atom. The van der Waals surface area contributed by atoms with Crippen molar-refractivity contribution in [1.29, 1.82) is 0 Å². The van der Waals surface area contributed by atoms with Gasteiger partial charge >= 0.3 is 0 Å². The van der Waals surface area contributed by atoms with Gasteiger partial charge in [-0.3, -0.25) is 4.79 Å². The number of nitrogens with one attached hydrogen (secondary N) is 1. The molecule has 0 atom stereocenters. The number of benzene rings is 2. The number of ether oxygens (including phenoxy) is 1. The molecule has 1 aromatic heterocycles. The third kappa shape index (κ3) is 4.37. The molecule has 148 valence electrons. The summed E-state index contributed by atoms with van der Waals surface area (Å²) in [7, 11) is 1.62. The number of carbonyl (C=O) groups is 1. The fourth-order valence-corrected chi connectivity index (χ4v) is 3.49. The number of hydrogen-bond acceptors (Lipinski definition) is 5. The van der Waals surface area contributed by atoms with Gasteiger partial charge in [0.05, 0.1) is 7.11 Å². The molecular weight excluding hydrogens is 364 g/mol. The van der Waals surface area contributed by atoms with Gasteiger partial charge in [-0.05, 0) is 18.9 Å². The van der Waals surface area contributed by atoms with Crippen LogP contribution in [0.5, 0.6) is 5.75 Å². The van der Waals surface area contributed by atoms with Crippen molar-refractivity contribution in [2.24, 2.45) is 0 Å². The number of amides is 1. The van der Waals surface area contributed by atoms with E-state index in [0.717, 1.165) is 48.6 Å². The van der Waals surface area contributed by atoms with Gasteiger partial charge < -0.3 is 15.0 Å². The average molecular weight is 388 g/mol. The summed E-state index contributed by atoms with van der Waals surface area (Å²) in [5, 5.41) is 2.96. The first-order chi connectivity index (χ1) is 14.2. The molecule has 1 N–H and O–H groups in total. The van der Waals surface area contributed by atoms with Crippen LogP contribution in [0.25, 0.3) is 11.4 Å². The molecule has 1 aliphatic heterocycles. The molecule has 6 heteroatoms. The minimum atomic E-state index is -0.226. The summed E-state index contributed by atoms with van der Waals surface area (Å²) in [6.07, 6.45) is 2.28. The zero-order valence-electron chi connectivity index (χ0n) is 16.5. The van der Waals surface area contributed by atoms with Crippen molar-refractivity contribution in [2.45, 2.75) is 19.4 Å². The van der Waals surface area contributed by atoms with Gasteiger partial charge in [-0.25, -0.2) is 9.97 Å². The molecule has 2 heterocycles. The summed E-state index contributed by atoms with van der Waals surface area (Å²) >= 11 is 0. The van der Waals surface area contributed by atoms with Crippen LogP contribution >= 0.6 is 0 Å². The molecule has 6 nitrogen and oxygen atoms in total. The summed E-state index contributed by atoms with van der Waals surface area (Å²) in [5.74, 6) is 1.89. The van der Waals surface area contributed by atoms with Gasteiger partial charge in [0.15, 0.2) is 5.82 Å². The summed E-state index contributed by atoms with van der Waals surface area (Å²) in [4.78, 5) is 24.4. The van der Waals surface area contributed by atoms with E-state index < -0.39 is 0 Å². The van der Waals surface area contributed by atoms with E-state index in [1.807, 2.05) is 54.6 Å². The Balaban J connectivity index is 1.61. The molecule has 1 amide bonds. The van der Waals surface area contributed by atoms with Gasteiger partial charge in [-0.1, -0.05) is 48.5 Å². The van der Waals surface area contributed by atoms with Crippen LogP contribution in [-0.4, -0.2) is 36.1 Å². The molecule has 0 unspecified atom stereocenters. The Kier molecular flexibility index (Phi) is 5.70. The smallest absolute Gasteiger partial charge is 0.270 e. The van der Waals surface area contributed by atoms with Crippen molar-refractivity contribution in [1.82, 2.24) is 15.3 Å². The SMILES string of the molecule is COc1ccccc1CNC(=O)c1cc(N2CCCC2)nc(-c2ccccc2)n1. The summed E-state index contributed by atoms with van der Waals surface area (Å²) in [6, 6.07) is 19.2. The third-order valence-electron chi connectivity index (χ3n) is 5.04. The Hall–Kier alpha value is -3.41. The number of aromatic nitrogens is 2. The highest BCUT2D eigenvalue weighted by molar-refractivity contribution is 5.93. The topological polar surface area (TPSA) is 67.3 Å². The van der Waals surface area contributed by atoms with E-state index in [0.29, 0.717) is 18.1 Å². The molecule has 3 aromatic rings. The van der Waals surface area contributed by atoms with Crippen LogP contribution in [0.1, 0.15) is 28.9 Å². The van der Waals surface area contributed by atoms with Crippen molar-refractivity contribution in [3.05, 3.63) is 71.9 Å². The predicted molar refractivity (Wildman–Crippen MR) is 113 cm³/mol. The summed E-state index contributed by atoms with van der Waals surface area (Å²) in [5.41, 5.74) is 2.18. The summed E-state index contributed by atoms with van der Waals surface area (Å²) in [6.45, 7) is 2.27. The highest BCUT2D eigenvalue weighted by Gasteiger charge is 2.19. The standard InChI is InChI=1S/C23H24N4O2/c1-29-20-12-6-5-11-18(20)16-24-23(28)19-15-21(27-13-7-8-14-27)26-22(25-19)17-9-3-2-4-10-17/h2-6,9-12,15H,7-8,13-14,16H2,1H3,(H,24,28). The van der Waals surface area contributed by atoms with E-state index in [1.54, 1.807) is 13.2 Å². The number of hydrogen-bond donors (Lipinski definition) is 1. The molecule has 4 rings (SSSR count). The highest BCUT2D eigenvalue weighted by Crippen LogP contribution is 2.23. The number of para-hydroxylation sites is 1. The number of rotatable bonds is 6. The van der Waals surface area contributed by atoms with E-state index in [2.05, 4.69) is 15.2 Å². The normalized spacial score (nSPS) is 13.3. The van der Waals surface area contributed by atoms with Crippen LogP contribution in [0, 0.1) is 0 Å². The van der Waals surface area contributed by atoms with Crippen molar-refractivity contribution in [3.8, 4) is 17.1 Å². The van der Waals surface area contributed by atoms with Crippen LogP contribution < -0.4 is 15.0 Å². The third-order valence-corrected chi connectivity index (χ3v) is 5.04.